The van der Waals surface area contributed by atoms with Crippen molar-refractivity contribution >= 4 is 34.1 Å². The van der Waals surface area contributed by atoms with Crippen LogP contribution in [0.15, 0.2) is 6.07 Å². The van der Waals surface area contributed by atoms with Crippen LogP contribution in [0.25, 0.3) is 0 Å². The molecule has 1 aromatic heterocycles. The van der Waals surface area contributed by atoms with Crippen LogP contribution >= 0.6 is 11.3 Å². The molecule has 1 aromatic rings. The molecule has 0 radical (unpaired) electrons. The van der Waals surface area contributed by atoms with Crippen LogP contribution in [-0.4, -0.2) is 28.9 Å². The number of rotatable bonds is 6. The van der Waals surface area contributed by atoms with Gasteiger partial charge in [0.15, 0.2) is 0 Å². The molecule has 0 saturated heterocycles. The molecule has 0 aromatic carbocycles. The van der Waals surface area contributed by atoms with E-state index in [9.17, 15) is 14.4 Å². The van der Waals surface area contributed by atoms with Crippen LogP contribution in [0.5, 0.6) is 0 Å². The fourth-order valence-corrected chi connectivity index (χ4v) is 2.52. The highest BCUT2D eigenvalue weighted by Gasteiger charge is 2.22. The van der Waals surface area contributed by atoms with Crippen LogP contribution in [0.4, 0.5) is 5.00 Å². The molecular formula is C14H20N2O4S. The van der Waals surface area contributed by atoms with Gasteiger partial charge in [0.05, 0.1) is 5.56 Å². The van der Waals surface area contributed by atoms with E-state index in [1.807, 2.05) is 6.92 Å². The van der Waals surface area contributed by atoms with Crippen molar-refractivity contribution < 1.29 is 19.5 Å². The number of aryl methyl sites for hydroxylation is 1. The Hall–Kier alpha value is -1.89. The number of carboxylic acids is 1. The standard InChI is InChI=1S/C14H20N2O4S/c1-5-10(14(19)20)15-12(18)9-6-8(4)21-13(9)16-11(17)7(2)3/h6-7,10H,5H2,1-4H3,(H,15,18)(H,16,17)(H,19,20). The van der Waals surface area contributed by atoms with E-state index in [1.165, 1.54) is 11.3 Å². The summed E-state index contributed by atoms with van der Waals surface area (Å²) in [6.45, 7) is 7.01. The van der Waals surface area contributed by atoms with Gasteiger partial charge in [-0.05, 0) is 19.4 Å². The molecule has 1 rings (SSSR count). The molecule has 0 fully saturated rings. The molecule has 0 aliphatic rings. The smallest absolute Gasteiger partial charge is 0.326 e. The van der Waals surface area contributed by atoms with Crippen molar-refractivity contribution in [2.75, 3.05) is 5.32 Å². The van der Waals surface area contributed by atoms with Gasteiger partial charge < -0.3 is 15.7 Å². The van der Waals surface area contributed by atoms with E-state index >= 15 is 0 Å². The molecule has 21 heavy (non-hydrogen) atoms. The summed E-state index contributed by atoms with van der Waals surface area (Å²) in [4.78, 5) is 35.8. The maximum Gasteiger partial charge on any atom is 0.326 e. The number of carbonyl (C=O) groups excluding carboxylic acids is 2. The number of hydrogen-bond donors (Lipinski definition) is 3. The Morgan fingerprint density at radius 3 is 2.43 bits per heavy atom. The van der Waals surface area contributed by atoms with Crippen LogP contribution in [0.2, 0.25) is 0 Å². The van der Waals surface area contributed by atoms with Crippen molar-refractivity contribution in [3.8, 4) is 0 Å². The van der Waals surface area contributed by atoms with Gasteiger partial charge in [0, 0.05) is 10.8 Å². The Morgan fingerprint density at radius 1 is 1.33 bits per heavy atom. The zero-order chi connectivity index (χ0) is 16.2. The molecule has 0 spiro atoms. The third-order valence-electron chi connectivity index (χ3n) is 2.87. The van der Waals surface area contributed by atoms with Gasteiger partial charge >= 0.3 is 5.97 Å². The molecule has 116 valence electrons. The molecule has 7 heteroatoms. The summed E-state index contributed by atoms with van der Waals surface area (Å²) >= 11 is 1.29. The summed E-state index contributed by atoms with van der Waals surface area (Å²) in [7, 11) is 0. The quantitative estimate of drug-likeness (QED) is 0.750. The minimum Gasteiger partial charge on any atom is -0.480 e. The number of nitrogens with one attached hydrogen (secondary N) is 2. The summed E-state index contributed by atoms with van der Waals surface area (Å²) in [5.74, 6) is -1.96. The van der Waals surface area contributed by atoms with Crippen molar-refractivity contribution in [1.82, 2.24) is 5.32 Å². The summed E-state index contributed by atoms with van der Waals surface area (Å²) < 4.78 is 0. The van der Waals surface area contributed by atoms with Crippen LogP contribution < -0.4 is 10.6 Å². The zero-order valence-corrected chi connectivity index (χ0v) is 13.3. The third kappa shape index (κ3) is 4.56. The number of anilines is 1. The van der Waals surface area contributed by atoms with Crippen molar-refractivity contribution in [3.05, 3.63) is 16.5 Å². The highest BCUT2D eigenvalue weighted by Crippen LogP contribution is 2.28. The fourth-order valence-electron chi connectivity index (χ4n) is 1.61. The molecule has 0 bridgehead atoms. The van der Waals surface area contributed by atoms with Crippen LogP contribution in [-0.2, 0) is 9.59 Å². The maximum atomic E-state index is 12.2. The first kappa shape index (κ1) is 17.2. The number of aliphatic carboxylic acids is 1. The molecule has 3 N–H and O–H groups in total. The first-order valence-electron chi connectivity index (χ1n) is 6.71. The lowest BCUT2D eigenvalue weighted by molar-refractivity contribution is -0.139. The summed E-state index contributed by atoms with van der Waals surface area (Å²) in [5, 5.41) is 14.6. The second-order valence-electron chi connectivity index (χ2n) is 5.02. The van der Waals surface area contributed by atoms with E-state index in [-0.39, 0.29) is 18.2 Å². The summed E-state index contributed by atoms with van der Waals surface area (Å²) in [6.07, 6.45) is 0.290. The van der Waals surface area contributed by atoms with Gasteiger partial charge in [0.25, 0.3) is 5.91 Å². The lowest BCUT2D eigenvalue weighted by atomic mass is 10.2. The van der Waals surface area contributed by atoms with Crippen molar-refractivity contribution in [1.29, 1.82) is 0 Å². The highest BCUT2D eigenvalue weighted by atomic mass is 32.1. The van der Waals surface area contributed by atoms with Crippen LogP contribution in [0.3, 0.4) is 0 Å². The second-order valence-corrected chi connectivity index (χ2v) is 6.27. The molecule has 0 saturated carbocycles. The second kappa shape index (κ2) is 7.21. The average molecular weight is 312 g/mol. The number of amides is 2. The molecule has 0 aliphatic heterocycles. The Kier molecular flexibility index (Phi) is 5.90. The van der Waals surface area contributed by atoms with E-state index in [0.29, 0.717) is 10.6 Å². The zero-order valence-electron chi connectivity index (χ0n) is 12.5. The molecule has 1 atom stereocenters. The average Bonchev–Trinajstić information content (AvgIpc) is 2.76. The minimum absolute atomic E-state index is 0.184. The Bertz CT molecular complexity index is 551. The third-order valence-corrected chi connectivity index (χ3v) is 3.84. The van der Waals surface area contributed by atoms with Gasteiger partial charge in [-0.25, -0.2) is 4.79 Å². The first-order chi connectivity index (χ1) is 9.76. The highest BCUT2D eigenvalue weighted by molar-refractivity contribution is 7.16. The first-order valence-corrected chi connectivity index (χ1v) is 7.52. The maximum absolute atomic E-state index is 12.2. The minimum atomic E-state index is -1.08. The fraction of sp³-hybridized carbons (Fsp3) is 0.500. The summed E-state index contributed by atoms with van der Waals surface area (Å²) in [5.41, 5.74) is 0.297. The molecule has 1 heterocycles. The number of hydrogen-bond acceptors (Lipinski definition) is 4. The van der Waals surface area contributed by atoms with E-state index in [2.05, 4.69) is 10.6 Å². The van der Waals surface area contributed by atoms with Gasteiger partial charge in [-0.1, -0.05) is 20.8 Å². The van der Waals surface area contributed by atoms with Crippen molar-refractivity contribution in [3.63, 3.8) is 0 Å². The number of carboxylic acid groups (broad SMARTS) is 1. The van der Waals surface area contributed by atoms with Gasteiger partial charge in [0.1, 0.15) is 11.0 Å². The van der Waals surface area contributed by atoms with Crippen LogP contribution in [0.1, 0.15) is 42.4 Å². The monoisotopic (exact) mass is 312 g/mol. The van der Waals surface area contributed by atoms with Gasteiger partial charge in [0.2, 0.25) is 5.91 Å². The number of thiophene rings is 1. The van der Waals surface area contributed by atoms with Crippen molar-refractivity contribution in [2.24, 2.45) is 5.92 Å². The van der Waals surface area contributed by atoms with Gasteiger partial charge in [-0.3, -0.25) is 9.59 Å². The lowest BCUT2D eigenvalue weighted by Crippen LogP contribution is -2.40. The SMILES string of the molecule is CCC(NC(=O)c1cc(C)sc1NC(=O)C(C)C)C(=O)O. The topological polar surface area (TPSA) is 95.5 Å². The van der Waals surface area contributed by atoms with Crippen molar-refractivity contribution in [2.45, 2.75) is 40.2 Å². The molecule has 0 aliphatic carbocycles. The lowest BCUT2D eigenvalue weighted by Gasteiger charge is -2.13. The molecule has 6 nitrogen and oxygen atoms in total. The van der Waals surface area contributed by atoms with Crippen LogP contribution in [0, 0.1) is 12.8 Å². The normalized spacial score (nSPS) is 12.0. The predicted molar refractivity (Wildman–Crippen MR) is 81.7 cm³/mol. The van der Waals surface area contributed by atoms with E-state index in [4.69, 9.17) is 5.11 Å². The molecular weight excluding hydrogens is 292 g/mol. The Morgan fingerprint density at radius 2 is 1.95 bits per heavy atom. The van der Waals surface area contributed by atoms with Gasteiger partial charge in [-0.15, -0.1) is 11.3 Å². The Labute approximate surface area is 127 Å². The summed E-state index contributed by atoms with van der Waals surface area (Å²) in [6, 6.07) is 0.705. The number of carbonyl (C=O) groups is 3. The van der Waals surface area contributed by atoms with E-state index in [1.54, 1.807) is 26.8 Å². The molecule has 1 unspecified atom stereocenters. The molecule has 2 amide bonds. The van der Waals surface area contributed by atoms with E-state index < -0.39 is 17.9 Å². The van der Waals surface area contributed by atoms with E-state index in [0.717, 1.165) is 4.88 Å². The predicted octanol–water partition coefficient (Wildman–Crippen LogP) is 2.24. The largest absolute Gasteiger partial charge is 0.480 e. The Balaban J connectivity index is 2.94. The van der Waals surface area contributed by atoms with Gasteiger partial charge in [-0.2, -0.15) is 0 Å².